The number of likely N-dealkylation sites (tertiary alicyclic amines) is 1. The summed E-state index contributed by atoms with van der Waals surface area (Å²) in [4.78, 5) is 19.6. The Hall–Kier alpha value is -2.70. The van der Waals surface area contributed by atoms with Gasteiger partial charge in [-0.05, 0) is 57.1 Å². The maximum absolute atomic E-state index is 12.6. The lowest BCUT2D eigenvalue weighted by Gasteiger charge is -2.30. The Balaban J connectivity index is 1.14. The van der Waals surface area contributed by atoms with Crippen LogP contribution in [0.5, 0.6) is 0 Å². The zero-order valence-corrected chi connectivity index (χ0v) is 17.8. The van der Waals surface area contributed by atoms with E-state index in [0.29, 0.717) is 12.5 Å². The Morgan fingerprint density at radius 3 is 2.77 bits per heavy atom. The number of furan rings is 1. The van der Waals surface area contributed by atoms with E-state index in [1.807, 2.05) is 54.7 Å². The van der Waals surface area contributed by atoms with Crippen LogP contribution in [0.3, 0.4) is 0 Å². The monoisotopic (exact) mass is 419 g/mol. The van der Waals surface area contributed by atoms with Gasteiger partial charge >= 0.3 is 0 Å². The summed E-state index contributed by atoms with van der Waals surface area (Å²) in [6.45, 7) is 4.24. The van der Waals surface area contributed by atoms with Gasteiger partial charge in [0.05, 0.1) is 27.8 Å². The molecule has 3 heterocycles. The van der Waals surface area contributed by atoms with Gasteiger partial charge in [0.25, 0.3) is 0 Å². The van der Waals surface area contributed by atoms with Gasteiger partial charge in [-0.15, -0.1) is 11.3 Å². The number of nitrogens with zero attached hydrogens (tertiary/aromatic N) is 2. The standard InChI is InChI=1S/C24H25N3O2S/c1-16(21-14-18-6-2-4-8-20(18)29-21)25-23(28)15-27-12-10-17(11-13-27)24-26-19-7-3-5-9-22(19)30-24/h2-9,14,16-17H,10-13,15H2,1H3,(H,25,28). The van der Waals surface area contributed by atoms with Crippen LogP contribution in [0.15, 0.2) is 59.0 Å². The first-order valence-electron chi connectivity index (χ1n) is 10.5. The van der Waals surface area contributed by atoms with Crippen molar-refractivity contribution in [2.45, 2.75) is 31.7 Å². The molecule has 2 aromatic carbocycles. The number of amides is 1. The van der Waals surface area contributed by atoms with E-state index < -0.39 is 0 Å². The highest BCUT2D eigenvalue weighted by molar-refractivity contribution is 7.18. The third-order valence-electron chi connectivity index (χ3n) is 5.86. The Morgan fingerprint density at radius 1 is 1.20 bits per heavy atom. The van der Waals surface area contributed by atoms with Crippen molar-refractivity contribution in [1.29, 1.82) is 0 Å². The number of aromatic nitrogens is 1. The van der Waals surface area contributed by atoms with E-state index in [-0.39, 0.29) is 11.9 Å². The van der Waals surface area contributed by atoms with Crippen molar-refractivity contribution in [1.82, 2.24) is 15.2 Å². The molecule has 6 heteroatoms. The summed E-state index contributed by atoms with van der Waals surface area (Å²) < 4.78 is 7.13. The van der Waals surface area contributed by atoms with Crippen LogP contribution in [0.2, 0.25) is 0 Å². The zero-order valence-electron chi connectivity index (χ0n) is 17.0. The second kappa shape index (κ2) is 8.20. The molecule has 5 nitrogen and oxygen atoms in total. The highest BCUT2D eigenvalue weighted by Crippen LogP contribution is 2.33. The van der Waals surface area contributed by atoms with Crippen LogP contribution < -0.4 is 5.32 Å². The number of nitrogens with one attached hydrogen (secondary N) is 1. The van der Waals surface area contributed by atoms with Crippen molar-refractivity contribution in [3.63, 3.8) is 0 Å². The minimum atomic E-state index is -0.148. The molecule has 0 spiro atoms. The molecule has 5 rings (SSSR count). The lowest BCUT2D eigenvalue weighted by atomic mass is 9.97. The number of benzene rings is 2. The molecule has 0 saturated carbocycles. The fraction of sp³-hybridized carbons (Fsp3) is 0.333. The second-order valence-corrected chi connectivity index (χ2v) is 9.11. The van der Waals surface area contributed by atoms with Gasteiger partial charge in [-0.3, -0.25) is 9.69 Å². The molecule has 1 fully saturated rings. The predicted octanol–water partition coefficient (Wildman–Crippen LogP) is 5.10. The van der Waals surface area contributed by atoms with Crippen molar-refractivity contribution in [2.75, 3.05) is 19.6 Å². The topological polar surface area (TPSA) is 58.4 Å². The molecule has 1 aliphatic rings. The van der Waals surface area contributed by atoms with E-state index in [1.165, 1.54) is 9.71 Å². The SMILES string of the molecule is CC(NC(=O)CN1CCC(c2nc3ccccc3s2)CC1)c1cc2ccccc2o1. The third kappa shape index (κ3) is 3.98. The van der Waals surface area contributed by atoms with Crippen LogP contribution in [0.1, 0.15) is 42.5 Å². The Labute approximate surface area is 179 Å². The minimum Gasteiger partial charge on any atom is -0.459 e. The average molecular weight is 420 g/mol. The molecule has 30 heavy (non-hydrogen) atoms. The number of piperidine rings is 1. The van der Waals surface area contributed by atoms with Gasteiger partial charge < -0.3 is 9.73 Å². The zero-order chi connectivity index (χ0) is 20.5. The number of carbonyl (C=O) groups is 1. The van der Waals surface area contributed by atoms with Crippen molar-refractivity contribution < 1.29 is 9.21 Å². The Kier molecular flexibility index (Phi) is 5.27. The summed E-state index contributed by atoms with van der Waals surface area (Å²) in [5.41, 5.74) is 1.95. The lowest BCUT2D eigenvalue weighted by Crippen LogP contribution is -2.41. The molecule has 1 N–H and O–H groups in total. The van der Waals surface area contributed by atoms with E-state index in [0.717, 1.165) is 48.2 Å². The molecule has 154 valence electrons. The average Bonchev–Trinajstić information content (AvgIpc) is 3.38. The maximum Gasteiger partial charge on any atom is 0.234 e. The molecule has 4 aromatic rings. The molecule has 1 amide bonds. The van der Waals surface area contributed by atoms with Gasteiger partial charge in [0.15, 0.2) is 0 Å². The molecule has 1 atom stereocenters. The van der Waals surface area contributed by atoms with Gasteiger partial charge in [-0.2, -0.15) is 0 Å². The summed E-state index contributed by atoms with van der Waals surface area (Å²) in [5.74, 6) is 1.33. The Bertz CT molecular complexity index is 1110. The van der Waals surface area contributed by atoms with Crippen molar-refractivity contribution in [2.24, 2.45) is 0 Å². The first kappa shape index (κ1) is 19.3. The number of fused-ring (bicyclic) bond motifs is 2. The van der Waals surface area contributed by atoms with Crippen LogP contribution in [-0.2, 0) is 4.79 Å². The van der Waals surface area contributed by atoms with E-state index in [4.69, 9.17) is 9.40 Å². The lowest BCUT2D eigenvalue weighted by molar-refractivity contribution is -0.123. The smallest absolute Gasteiger partial charge is 0.234 e. The van der Waals surface area contributed by atoms with Crippen LogP contribution in [0, 0.1) is 0 Å². The van der Waals surface area contributed by atoms with E-state index in [9.17, 15) is 4.79 Å². The number of carbonyl (C=O) groups excluding carboxylic acids is 1. The molecule has 0 aliphatic carbocycles. The fourth-order valence-corrected chi connectivity index (χ4v) is 5.32. The van der Waals surface area contributed by atoms with Crippen molar-refractivity contribution in [3.05, 3.63) is 65.4 Å². The molecular weight excluding hydrogens is 394 g/mol. The van der Waals surface area contributed by atoms with Crippen LogP contribution in [0.4, 0.5) is 0 Å². The normalized spacial score (nSPS) is 16.8. The number of hydrogen-bond acceptors (Lipinski definition) is 5. The molecular formula is C24H25N3O2S. The molecule has 0 radical (unpaired) electrons. The Morgan fingerprint density at radius 2 is 1.97 bits per heavy atom. The van der Waals surface area contributed by atoms with E-state index in [2.05, 4.69) is 28.4 Å². The molecule has 1 aliphatic heterocycles. The van der Waals surface area contributed by atoms with E-state index >= 15 is 0 Å². The molecule has 1 unspecified atom stereocenters. The summed E-state index contributed by atoms with van der Waals surface area (Å²) >= 11 is 1.81. The predicted molar refractivity (Wildman–Crippen MR) is 121 cm³/mol. The highest BCUT2D eigenvalue weighted by atomic mass is 32.1. The van der Waals surface area contributed by atoms with Gasteiger partial charge in [0.2, 0.25) is 5.91 Å². The summed E-state index contributed by atoms with van der Waals surface area (Å²) in [5, 5.41) is 5.38. The van der Waals surface area contributed by atoms with Gasteiger partial charge in [0, 0.05) is 11.3 Å². The molecule has 2 aromatic heterocycles. The largest absolute Gasteiger partial charge is 0.459 e. The number of rotatable bonds is 5. The third-order valence-corrected chi connectivity index (χ3v) is 7.06. The summed E-state index contributed by atoms with van der Waals surface area (Å²) in [6, 6.07) is 18.1. The summed E-state index contributed by atoms with van der Waals surface area (Å²) in [6.07, 6.45) is 2.10. The first-order chi connectivity index (χ1) is 14.7. The molecule has 0 bridgehead atoms. The van der Waals surface area contributed by atoms with Crippen molar-refractivity contribution in [3.8, 4) is 0 Å². The van der Waals surface area contributed by atoms with Crippen LogP contribution >= 0.6 is 11.3 Å². The van der Waals surface area contributed by atoms with Crippen LogP contribution in [-0.4, -0.2) is 35.4 Å². The maximum atomic E-state index is 12.6. The number of para-hydroxylation sites is 2. The minimum absolute atomic E-state index is 0.0430. The second-order valence-electron chi connectivity index (χ2n) is 8.05. The van der Waals surface area contributed by atoms with Gasteiger partial charge in [-0.25, -0.2) is 4.98 Å². The molecule has 1 saturated heterocycles. The number of hydrogen-bond donors (Lipinski definition) is 1. The van der Waals surface area contributed by atoms with Crippen LogP contribution in [0.25, 0.3) is 21.2 Å². The quantitative estimate of drug-likeness (QED) is 0.489. The fourth-order valence-electron chi connectivity index (χ4n) is 4.18. The van der Waals surface area contributed by atoms with Gasteiger partial charge in [-0.1, -0.05) is 30.3 Å². The number of thiazole rings is 1. The van der Waals surface area contributed by atoms with Gasteiger partial charge in [0.1, 0.15) is 11.3 Å². The first-order valence-corrected chi connectivity index (χ1v) is 11.3. The van der Waals surface area contributed by atoms with E-state index in [1.54, 1.807) is 0 Å². The van der Waals surface area contributed by atoms with Crippen molar-refractivity contribution >= 4 is 38.4 Å². The summed E-state index contributed by atoms with van der Waals surface area (Å²) in [7, 11) is 0. The highest BCUT2D eigenvalue weighted by Gasteiger charge is 2.25.